The van der Waals surface area contributed by atoms with E-state index < -0.39 is 23.5 Å². The summed E-state index contributed by atoms with van der Waals surface area (Å²) in [4.78, 5) is 12.4. The number of hydrogen-bond acceptors (Lipinski definition) is 2. The first kappa shape index (κ1) is 14.3. The van der Waals surface area contributed by atoms with Crippen molar-refractivity contribution in [2.45, 2.75) is 13.0 Å². The Labute approximate surface area is 116 Å². The molecule has 0 fully saturated rings. The maximum absolute atomic E-state index is 13.7. The lowest BCUT2D eigenvalue weighted by Gasteiger charge is -2.16. The minimum atomic E-state index is -0.888. The van der Waals surface area contributed by atoms with Gasteiger partial charge in [0.15, 0.2) is 5.78 Å². The summed E-state index contributed by atoms with van der Waals surface area (Å²) in [5, 5.41) is 0. The van der Waals surface area contributed by atoms with Crippen LogP contribution in [0.2, 0.25) is 0 Å². The number of Topliss-reactive ketones (excluding diaryl/α,β-unsaturated/α-hetero) is 1. The van der Waals surface area contributed by atoms with Gasteiger partial charge in [0.2, 0.25) is 0 Å². The highest BCUT2D eigenvalue weighted by atomic mass is 19.1. The molecule has 0 aliphatic carbocycles. The van der Waals surface area contributed by atoms with Crippen molar-refractivity contribution in [3.8, 4) is 0 Å². The van der Waals surface area contributed by atoms with Gasteiger partial charge < -0.3 is 4.74 Å². The summed E-state index contributed by atoms with van der Waals surface area (Å²) in [6.07, 6.45) is -0.888. The predicted octanol–water partition coefficient (Wildman–Crippen LogP) is 3.93. The summed E-state index contributed by atoms with van der Waals surface area (Å²) < 4.78 is 32.0. The van der Waals surface area contributed by atoms with Crippen LogP contribution in [0.25, 0.3) is 0 Å². The van der Waals surface area contributed by atoms with Crippen LogP contribution in [0.3, 0.4) is 0 Å². The first-order valence-corrected chi connectivity index (χ1v) is 6.29. The van der Waals surface area contributed by atoms with E-state index in [0.717, 1.165) is 12.1 Å². The lowest BCUT2D eigenvalue weighted by Crippen LogP contribution is -2.17. The maximum atomic E-state index is 13.7. The SMILES string of the molecule is CCOC(C(=O)c1ccc(F)cc1F)c1ccccc1. The van der Waals surface area contributed by atoms with Crippen LogP contribution < -0.4 is 0 Å². The molecule has 0 saturated heterocycles. The van der Waals surface area contributed by atoms with Crippen LogP contribution in [0.4, 0.5) is 8.78 Å². The Bertz CT molecular complexity index is 597. The van der Waals surface area contributed by atoms with Crippen molar-refractivity contribution in [2.75, 3.05) is 6.61 Å². The van der Waals surface area contributed by atoms with Gasteiger partial charge in [-0.3, -0.25) is 4.79 Å². The van der Waals surface area contributed by atoms with Crippen molar-refractivity contribution < 1.29 is 18.3 Å². The zero-order valence-corrected chi connectivity index (χ0v) is 11.0. The summed E-state index contributed by atoms with van der Waals surface area (Å²) in [6, 6.07) is 11.7. The number of benzene rings is 2. The smallest absolute Gasteiger partial charge is 0.199 e. The van der Waals surface area contributed by atoms with Gasteiger partial charge in [0, 0.05) is 12.7 Å². The molecule has 2 aromatic carbocycles. The van der Waals surface area contributed by atoms with Crippen LogP contribution in [-0.4, -0.2) is 12.4 Å². The normalized spacial score (nSPS) is 12.2. The van der Waals surface area contributed by atoms with E-state index in [-0.39, 0.29) is 5.56 Å². The minimum absolute atomic E-state index is 0.172. The first-order chi connectivity index (χ1) is 9.63. The summed E-state index contributed by atoms with van der Waals surface area (Å²) in [7, 11) is 0. The summed E-state index contributed by atoms with van der Waals surface area (Å²) >= 11 is 0. The molecule has 0 aromatic heterocycles. The topological polar surface area (TPSA) is 26.3 Å². The lowest BCUT2D eigenvalue weighted by atomic mass is 9.99. The Balaban J connectivity index is 2.37. The number of hydrogen-bond donors (Lipinski definition) is 0. The molecule has 20 heavy (non-hydrogen) atoms. The molecule has 104 valence electrons. The molecule has 0 aliphatic heterocycles. The number of carbonyl (C=O) groups is 1. The van der Waals surface area contributed by atoms with Crippen LogP contribution in [0.5, 0.6) is 0 Å². The second kappa shape index (κ2) is 6.39. The molecule has 2 nitrogen and oxygen atoms in total. The number of ether oxygens (including phenoxy) is 1. The van der Waals surface area contributed by atoms with Crippen molar-refractivity contribution in [1.29, 1.82) is 0 Å². The molecule has 0 spiro atoms. The highest BCUT2D eigenvalue weighted by Crippen LogP contribution is 2.24. The quantitative estimate of drug-likeness (QED) is 0.773. The number of halogens is 2. The van der Waals surface area contributed by atoms with Gasteiger partial charge in [-0.15, -0.1) is 0 Å². The maximum Gasteiger partial charge on any atom is 0.199 e. The third kappa shape index (κ3) is 3.08. The van der Waals surface area contributed by atoms with Crippen molar-refractivity contribution in [1.82, 2.24) is 0 Å². The molecule has 0 N–H and O–H groups in total. The van der Waals surface area contributed by atoms with E-state index in [1.165, 1.54) is 0 Å². The summed E-state index contributed by atoms with van der Waals surface area (Å²) in [5.41, 5.74) is 0.469. The van der Waals surface area contributed by atoms with Crippen molar-refractivity contribution in [3.63, 3.8) is 0 Å². The highest BCUT2D eigenvalue weighted by Gasteiger charge is 2.24. The van der Waals surface area contributed by atoms with E-state index in [9.17, 15) is 13.6 Å². The van der Waals surface area contributed by atoms with E-state index >= 15 is 0 Å². The molecular weight excluding hydrogens is 262 g/mol. The third-order valence-corrected chi connectivity index (χ3v) is 2.87. The molecule has 1 atom stereocenters. The highest BCUT2D eigenvalue weighted by molar-refractivity contribution is 6.00. The number of carbonyl (C=O) groups excluding carboxylic acids is 1. The Morgan fingerprint density at radius 2 is 1.85 bits per heavy atom. The van der Waals surface area contributed by atoms with Gasteiger partial charge in [-0.2, -0.15) is 0 Å². The summed E-state index contributed by atoms with van der Waals surface area (Å²) in [5.74, 6) is -2.11. The number of ketones is 1. The monoisotopic (exact) mass is 276 g/mol. The molecular formula is C16H14F2O2. The number of rotatable bonds is 5. The molecule has 1 unspecified atom stereocenters. The Kier molecular flexibility index (Phi) is 4.58. The van der Waals surface area contributed by atoms with E-state index in [4.69, 9.17) is 4.74 Å². The van der Waals surface area contributed by atoms with Crippen molar-refractivity contribution >= 4 is 5.78 Å². The fourth-order valence-corrected chi connectivity index (χ4v) is 1.95. The second-order valence-electron chi connectivity index (χ2n) is 4.23. The zero-order valence-electron chi connectivity index (χ0n) is 11.0. The van der Waals surface area contributed by atoms with Crippen molar-refractivity contribution in [3.05, 3.63) is 71.3 Å². The molecule has 0 aliphatic rings. The molecule has 4 heteroatoms. The average Bonchev–Trinajstić information content (AvgIpc) is 2.45. The van der Waals surface area contributed by atoms with Gasteiger partial charge in [-0.05, 0) is 24.6 Å². The fraction of sp³-hybridized carbons (Fsp3) is 0.188. The minimum Gasteiger partial charge on any atom is -0.366 e. The molecule has 0 heterocycles. The van der Waals surface area contributed by atoms with Gasteiger partial charge in [0.1, 0.15) is 17.7 Å². The fourth-order valence-electron chi connectivity index (χ4n) is 1.95. The van der Waals surface area contributed by atoms with Crippen LogP contribution in [0.1, 0.15) is 28.9 Å². The Morgan fingerprint density at radius 1 is 1.15 bits per heavy atom. The van der Waals surface area contributed by atoms with E-state index in [1.807, 2.05) is 6.07 Å². The van der Waals surface area contributed by atoms with Gasteiger partial charge >= 0.3 is 0 Å². The molecule has 0 amide bonds. The zero-order chi connectivity index (χ0) is 14.5. The molecule has 0 saturated carbocycles. The third-order valence-electron chi connectivity index (χ3n) is 2.87. The first-order valence-electron chi connectivity index (χ1n) is 6.29. The molecule has 2 aromatic rings. The van der Waals surface area contributed by atoms with Gasteiger partial charge in [0.05, 0.1) is 5.56 Å². The largest absolute Gasteiger partial charge is 0.366 e. The predicted molar refractivity (Wildman–Crippen MR) is 71.5 cm³/mol. The standard InChI is InChI=1S/C16H14F2O2/c1-2-20-16(11-6-4-3-5-7-11)15(19)13-9-8-12(17)10-14(13)18/h3-10,16H,2H2,1H3. The Hall–Kier alpha value is -2.07. The van der Waals surface area contributed by atoms with E-state index in [0.29, 0.717) is 18.2 Å². The van der Waals surface area contributed by atoms with Crippen molar-refractivity contribution in [2.24, 2.45) is 0 Å². The van der Waals surface area contributed by atoms with Gasteiger partial charge in [-0.25, -0.2) is 8.78 Å². The molecule has 2 rings (SSSR count). The van der Waals surface area contributed by atoms with Crippen LogP contribution >= 0.6 is 0 Å². The molecule has 0 radical (unpaired) electrons. The van der Waals surface area contributed by atoms with E-state index in [1.54, 1.807) is 31.2 Å². The Morgan fingerprint density at radius 3 is 2.45 bits per heavy atom. The van der Waals surface area contributed by atoms with Gasteiger partial charge in [-0.1, -0.05) is 30.3 Å². The van der Waals surface area contributed by atoms with Gasteiger partial charge in [0.25, 0.3) is 0 Å². The van der Waals surface area contributed by atoms with Crippen LogP contribution in [0.15, 0.2) is 48.5 Å². The average molecular weight is 276 g/mol. The van der Waals surface area contributed by atoms with Crippen LogP contribution in [0, 0.1) is 11.6 Å². The second-order valence-corrected chi connectivity index (χ2v) is 4.23. The van der Waals surface area contributed by atoms with E-state index in [2.05, 4.69) is 0 Å². The van der Waals surface area contributed by atoms with Crippen LogP contribution in [-0.2, 0) is 4.74 Å². The lowest BCUT2D eigenvalue weighted by molar-refractivity contribution is 0.0448. The summed E-state index contributed by atoms with van der Waals surface area (Å²) in [6.45, 7) is 2.07. The molecule has 0 bridgehead atoms.